The molecule has 1 aromatic carbocycles. The van der Waals surface area contributed by atoms with Crippen LogP contribution in [0.3, 0.4) is 0 Å². The Balaban J connectivity index is 0.00000106. The molecule has 1 N–H and O–H groups in total. The van der Waals surface area contributed by atoms with Gasteiger partial charge in [0, 0.05) is 10.6 Å². The van der Waals surface area contributed by atoms with Gasteiger partial charge in [-0.1, -0.05) is 13.8 Å². The Morgan fingerprint density at radius 1 is 1.00 bits per heavy atom. The summed E-state index contributed by atoms with van der Waals surface area (Å²) in [6, 6.07) is 0. The van der Waals surface area contributed by atoms with Crippen LogP contribution in [0.2, 0.25) is 0 Å². The molecular formula is C9H11F3O2P2. The molecule has 7 heteroatoms. The summed E-state index contributed by atoms with van der Waals surface area (Å²) >= 11 is 0. The van der Waals surface area contributed by atoms with Crippen molar-refractivity contribution in [3.8, 4) is 0 Å². The van der Waals surface area contributed by atoms with Gasteiger partial charge >= 0.3 is 5.97 Å². The molecule has 1 rings (SSSR count). The van der Waals surface area contributed by atoms with E-state index < -0.39 is 29.0 Å². The first kappa shape index (κ1) is 15.3. The quantitative estimate of drug-likeness (QED) is 0.624. The molecule has 0 saturated carbocycles. The number of hydrogen-bond acceptors (Lipinski definition) is 1. The van der Waals surface area contributed by atoms with E-state index in [1.807, 2.05) is 23.1 Å². The van der Waals surface area contributed by atoms with Crippen LogP contribution in [-0.2, 0) is 0 Å². The van der Waals surface area contributed by atoms with Crippen LogP contribution in [0.5, 0.6) is 0 Å². The van der Waals surface area contributed by atoms with E-state index >= 15 is 0 Å². The number of halogens is 3. The second-order valence-corrected chi connectivity index (χ2v) is 3.60. The Morgan fingerprint density at radius 2 is 1.38 bits per heavy atom. The average molecular weight is 270 g/mol. The van der Waals surface area contributed by atoms with Crippen LogP contribution in [0.1, 0.15) is 24.2 Å². The number of carboxylic acid groups (broad SMARTS) is 1. The molecule has 0 aliphatic heterocycles. The predicted octanol–water partition coefficient (Wildman–Crippen LogP) is 1.83. The molecule has 0 aliphatic rings. The van der Waals surface area contributed by atoms with Crippen molar-refractivity contribution < 1.29 is 23.1 Å². The second kappa shape index (κ2) is 6.17. The van der Waals surface area contributed by atoms with Gasteiger partial charge in [0.1, 0.15) is 11.4 Å². The maximum atomic E-state index is 13.1. The molecule has 0 amide bonds. The normalized spacial score (nSPS) is 9.44. The molecule has 2 atom stereocenters. The van der Waals surface area contributed by atoms with Crippen molar-refractivity contribution in [2.24, 2.45) is 0 Å². The summed E-state index contributed by atoms with van der Waals surface area (Å²) in [6.45, 7) is 4.00. The topological polar surface area (TPSA) is 37.3 Å². The summed E-state index contributed by atoms with van der Waals surface area (Å²) in [5.41, 5.74) is -1.28. The molecule has 0 radical (unpaired) electrons. The van der Waals surface area contributed by atoms with E-state index in [2.05, 4.69) is 0 Å². The molecular weight excluding hydrogens is 259 g/mol. The Hall–Kier alpha value is -0.660. The summed E-state index contributed by atoms with van der Waals surface area (Å²) in [5, 5.41) is 7.77. The van der Waals surface area contributed by atoms with Gasteiger partial charge in [-0.15, -0.1) is 18.5 Å². The minimum atomic E-state index is -1.84. The van der Waals surface area contributed by atoms with E-state index in [0.29, 0.717) is 0 Å². The van der Waals surface area contributed by atoms with Crippen molar-refractivity contribution in [1.29, 1.82) is 0 Å². The molecule has 0 saturated heterocycles. The Labute approximate surface area is 95.6 Å². The summed E-state index contributed by atoms with van der Waals surface area (Å²) < 4.78 is 39.0. The lowest BCUT2D eigenvalue weighted by Gasteiger charge is -2.07. The van der Waals surface area contributed by atoms with E-state index in [1.165, 1.54) is 0 Å². The third kappa shape index (κ3) is 2.72. The van der Waals surface area contributed by atoms with Gasteiger partial charge in [-0.2, -0.15) is 0 Å². The van der Waals surface area contributed by atoms with Gasteiger partial charge in [0.15, 0.2) is 11.6 Å². The highest BCUT2D eigenvalue weighted by Gasteiger charge is 2.25. The molecule has 0 aliphatic carbocycles. The van der Waals surface area contributed by atoms with Crippen molar-refractivity contribution in [1.82, 2.24) is 0 Å². The van der Waals surface area contributed by atoms with Gasteiger partial charge in [-0.3, -0.25) is 0 Å². The smallest absolute Gasteiger partial charge is 0.341 e. The number of carboxylic acids is 1. The number of carbonyl (C=O) groups is 1. The van der Waals surface area contributed by atoms with E-state index in [1.54, 1.807) is 9.24 Å². The van der Waals surface area contributed by atoms with Gasteiger partial charge in [0.25, 0.3) is 0 Å². The number of rotatable bonds is 1. The fraction of sp³-hybridized carbons (Fsp3) is 0.222. The highest BCUT2D eigenvalue weighted by Crippen LogP contribution is 2.16. The van der Waals surface area contributed by atoms with Gasteiger partial charge in [-0.25, -0.2) is 18.0 Å². The second-order valence-electron chi connectivity index (χ2n) is 2.45. The van der Waals surface area contributed by atoms with Gasteiger partial charge < -0.3 is 5.11 Å². The lowest BCUT2D eigenvalue weighted by atomic mass is 10.2. The molecule has 90 valence electrons. The summed E-state index contributed by atoms with van der Waals surface area (Å²) in [7, 11) is 3.61. The molecule has 2 unspecified atom stereocenters. The number of hydrogen-bond donors (Lipinski definition) is 1. The Morgan fingerprint density at radius 3 is 1.75 bits per heavy atom. The number of benzene rings is 1. The van der Waals surface area contributed by atoms with Gasteiger partial charge in [0.05, 0.1) is 0 Å². The zero-order chi connectivity index (χ0) is 13.0. The lowest BCUT2D eigenvalue weighted by Crippen LogP contribution is -2.26. The Bertz CT molecular complexity index is 393. The molecule has 0 fully saturated rings. The van der Waals surface area contributed by atoms with Crippen LogP contribution in [0.4, 0.5) is 13.2 Å². The monoisotopic (exact) mass is 270 g/mol. The average Bonchev–Trinajstić information content (AvgIpc) is 2.26. The van der Waals surface area contributed by atoms with E-state index in [0.717, 1.165) is 0 Å². The third-order valence-electron chi connectivity index (χ3n) is 1.61. The van der Waals surface area contributed by atoms with Crippen molar-refractivity contribution in [2.75, 3.05) is 0 Å². The third-order valence-corrected chi connectivity index (χ3v) is 3.07. The first-order valence-corrected chi connectivity index (χ1v) is 5.48. The zero-order valence-corrected chi connectivity index (χ0v) is 11.0. The minimum Gasteiger partial charge on any atom is -0.477 e. The molecule has 0 heterocycles. The molecule has 0 spiro atoms. The predicted molar refractivity (Wildman–Crippen MR) is 63.3 cm³/mol. The maximum Gasteiger partial charge on any atom is 0.341 e. The first-order valence-electron chi connectivity index (χ1n) is 4.32. The summed E-state index contributed by atoms with van der Waals surface area (Å²) in [4.78, 5) is 10.4. The van der Waals surface area contributed by atoms with E-state index in [9.17, 15) is 18.0 Å². The number of aromatic carboxylic acids is 1. The molecule has 2 nitrogen and oxygen atoms in total. The van der Waals surface area contributed by atoms with Crippen LogP contribution < -0.4 is 10.6 Å². The van der Waals surface area contributed by atoms with E-state index in [4.69, 9.17) is 5.11 Å². The summed E-state index contributed by atoms with van der Waals surface area (Å²) in [6.07, 6.45) is 0. The van der Waals surface area contributed by atoms with Crippen molar-refractivity contribution in [3.05, 3.63) is 23.0 Å². The first-order chi connectivity index (χ1) is 7.37. The van der Waals surface area contributed by atoms with Crippen molar-refractivity contribution >= 4 is 35.1 Å². The van der Waals surface area contributed by atoms with Crippen molar-refractivity contribution in [3.63, 3.8) is 0 Å². The molecule has 1 aromatic rings. The fourth-order valence-electron chi connectivity index (χ4n) is 0.883. The maximum absolute atomic E-state index is 13.1. The fourth-order valence-corrected chi connectivity index (χ4v) is 1.41. The molecule has 16 heavy (non-hydrogen) atoms. The lowest BCUT2D eigenvalue weighted by molar-refractivity contribution is 0.0685. The Kier molecular flexibility index (Phi) is 5.91. The van der Waals surface area contributed by atoms with Crippen LogP contribution >= 0.6 is 18.5 Å². The highest BCUT2D eigenvalue weighted by atomic mass is 31.0. The SMILES string of the molecule is CC.O=C(O)c1c(F)c(F)c(P)c(P)c1F. The van der Waals surface area contributed by atoms with Crippen LogP contribution in [0.15, 0.2) is 0 Å². The largest absolute Gasteiger partial charge is 0.477 e. The minimum absolute atomic E-state index is 0.314. The molecule has 0 bridgehead atoms. The van der Waals surface area contributed by atoms with Gasteiger partial charge in [-0.05, 0) is 0 Å². The van der Waals surface area contributed by atoms with E-state index in [-0.39, 0.29) is 10.6 Å². The molecule has 0 aromatic heterocycles. The van der Waals surface area contributed by atoms with Crippen LogP contribution in [0, 0.1) is 17.5 Å². The van der Waals surface area contributed by atoms with Gasteiger partial charge in [0.2, 0.25) is 0 Å². The summed E-state index contributed by atoms with van der Waals surface area (Å²) in [5.74, 6) is -6.19. The van der Waals surface area contributed by atoms with Crippen LogP contribution in [-0.4, -0.2) is 11.1 Å². The highest BCUT2D eigenvalue weighted by molar-refractivity contribution is 7.35. The van der Waals surface area contributed by atoms with Crippen LogP contribution in [0.25, 0.3) is 0 Å². The standard InChI is InChI=1S/C7H5F3O2P2.C2H6/c8-2-1(7(11)12)3(9)5(13)6(14)4(2)10;1-2/h13-14H2,(H,11,12);1-2H3. The van der Waals surface area contributed by atoms with Crippen molar-refractivity contribution in [2.45, 2.75) is 13.8 Å². The zero-order valence-electron chi connectivity index (χ0n) is 8.64.